The summed E-state index contributed by atoms with van der Waals surface area (Å²) in [6.45, 7) is 6.96. The molecule has 1 unspecified atom stereocenters. The molecular formula is C13H27NO. The van der Waals surface area contributed by atoms with Gasteiger partial charge in [-0.1, -0.05) is 46.5 Å². The van der Waals surface area contributed by atoms with Gasteiger partial charge in [-0.15, -0.1) is 0 Å². The van der Waals surface area contributed by atoms with Crippen molar-refractivity contribution in [1.82, 2.24) is 0 Å². The average molecular weight is 213 g/mol. The van der Waals surface area contributed by atoms with Crippen molar-refractivity contribution in [2.75, 3.05) is 6.54 Å². The molecular weight excluding hydrogens is 186 g/mol. The fourth-order valence-electron chi connectivity index (χ4n) is 2.94. The largest absolute Gasteiger partial charge is 0.392 e. The van der Waals surface area contributed by atoms with Gasteiger partial charge in [-0.05, 0) is 18.3 Å². The number of aliphatic hydroxyl groups excluding tert-OH is 1. The molecule has 0 bridgehead atoms. The Bertz CT molecular complexity index is 187. The van der Waals surface area contributed by atoms with E-state index in [1.807, 2.05) is 0 Å². The number of aliphatic hydroxyl groups is 1. The molecule has 90 valence electrons. The summed E-state index contributed by atoms with van der Waals surface area (Å²) in [6.07, 6.45) is 6.99. The zero-order chi connectivity index (χ0) is 11.5. The average Bonchev–Trinajstić information content (AvgIpc) is 2.41. The molecule has 1 aliphatic carbocycles. The number of hydrogen-bond acceptors (Lipinski definition) is 2. The molecule has 3 N–H and O–H groups in total. The number of rotatable bonds is 2. The highest BCUT2D eigenvalue weighted by Gasteiger charge is 2.42. The van der Waals surface area contributed by atoms with E-state index in [0.717, 1.165) is 12.8 Å². The minimum Gasteiger partial charge on any atom is -0.392 e. The molecule has 1 fully saturated rings. The number of hydrogen-bond donors (Lipinski definition) is 2. The molecule has 1 saturated carbocycles. The molecule has 0 radical (unpaired) electrons. The summed E-state index contributed by atoms with van der Waals surface area (Å²) in [5.41, 5.74) is 5.87. The van der Waals surface area contributed by atoms with E-state index in [1.165, 1.54) is 25.7 Å². The Hall–Kier alpha value is -0.0800. The smallest absolute Gasteiger partial charge is 0.0656 e. The van der Waals surface area contributed by atoms with Crippen LogP contribution in [-0.4, -0.2) is 17.8 Å². The second-order valence-electron chi connectivity index (χ2n) is 6.25. The van der Waals surface area contributed by atoms with Gasteiger partial charge in [-0.2, -0.15) is 0 Å². The third-order valence-electron chi connectivity index (χ3n) is 3.91. The Labute approximate surface area is 94.2 Å². The summed E-state index contributed by atoms with van der Waals surface area (Å²) in [7, 11) is 0. The second kappa shape index (κ2) is 4.84. The van der Waals surface area contributed by atoms with Gasteiger partial charge in [0, 0.05) is 12.0 Å². The van der Waals surface area contributed by atoms with Crippen molar-refractivity contribution in [2.24, 2.45) is 16.6 Å². The molecule has 1 atom stereocenters. The molecule has 1 rings (SSSR count). The van der Waals surface area contributed by atoms with Crippen LogP contribution in [0, 0.1) is 10.8 Å². The van der Waals surface area contributed by atoms with E-state index in [4.69, 9.17) is 5.73 Å². The van der Waals surface area contributed by atoms with Crippen molar-refractivity contribution < 1.29 is 5.11 Å². The predicted octanol–water partition coefficient (Wildman–Crippen LogP) is 2.69. The van der Waals surface area contributed by atoms with Crippen LogP contribution in [0.25, 0.3) is 0 Å². The molecule has 0 spiro atoms. The molecule has 0 saturated heterocycles. The van der Waals surface area contributed by atoms with E-state index >= 15 is 0 Å². The molecule has 2 heteroatoms. The maximum absolute atomic E-state index is 10.5. The summed E-state index contributed by atoms with van der Waals surface area (Å²) in [5, 5.41) is 10.5. The van der Waals surface area contributed by atoms with Crippen LogP contribution in [0.2, 0.25) is 0 Å². The van der Waals surface area contributed by atoms with E-state index < -0.39 is 0 Å². The molecule has 0 aromatic heterocycles. The van der Waals surface area contributed by atoms with Gasteiger partial charge in [-0.3, -0.25) is 0 Å². The fraction of sp³-hybridized carbons (Fsp3) is 1.00. The van der Waals surface area contributed by atoms with Gasteiger partial charge in [0.05, 0.1) is 6.10 Å². The van der Waals surface area contributed by atoms with Gasteiger partial charge in [0.1, 0.15) is 0 Å². The van der Waals surface area contributed by atoms with Crippen molar-refractivity contribution in [3.63, 3.8) is 0 Å². The van der Waals surface area contributed by atoms with Crippen molar-refractivity contribution in [1.29, 1.82) is 0 Å². The van der Waals surface area contributed by atoms with Gasteiger partial charge in [0.2, 0.25) is 0 Å². The molecule has 0 heterocycles. The maximum atomic E-state index is 10.5. The first-order chi connectivity index (χ1) is 6.92. The van der Waals surface area contributed by atoms with E-state index in [2.05, 4.69) is 20.8 Å². The Morgan fingerprint density at radius 1 is 1.13 bits per heavy atom. The molecule has 0 aromatic rings. The Kier molecular flexibility index (Phi) is 4.19. The lowest BCUT2D eigenvalue weighted by molar-refractivity contribution is -0.0544. The quantitative estimate of drug-likeness (QED) is 0.693. The highest BCUT2D eigenvalue weighted by Crippen LogP contribution is 2.43. The van der Waals surface area contributed by atoms with E-state index in [1.54, 1.807) is 0 Å². The standard InChI is InChI=1S/C13H27NO/c1-12(2,3)11(15)13(10-14)8-6-4-5-7-9-13/h11,15H,4-10,14H2,1-3H3. The van der Waals surface area contributed by atoms with Crippen LogP contribution in [-0.2, 0) is 0 Å². The summed E-state index contributed by atoms with van der Waals surface area (Å²) >= 11 is 0. The van der Waals surface area contributed by atoms with Gasteiger partial charge in [0.15, 0.2) is 0 Å². The molecule has 1 aliphatic rings. The van der Waals surface area contributed by atoms with Crippen LogP contribution in [0.15, 0.2) is 0 Å². The molecule has 15 heavy (non-hydrogen) atoms. The summed E-state index contributed by atoms with van der Waals surface area (Å²) in [6, 6.07) is 0. The van der Waals surface area contributed by atoms with Crippen LogP contribution in [0.4, 0.5) is 0 Å². The predicted molar refractivity (Wildman–Crippen MR) is 64.7 cm³/mol. The van der Waals surface area contributed by atoms with Crippen molar-refractivity contribution in [3.05, 3.63) is 0 Å². The Morgan fingerprint density at radius 2 is 1.60 bits per heavy atom. The third-order valence-corrected chi connectivity index (χ3v) is 3.91. The monoisotopic (exact) mass is 213 g/mol. The van der Waals surface area contributed by atoms with E-state index in [0.29, 0.717) is 6.54 Å². The van der Waals surface area contributed by atoms with Crippen LogP contribution >= 0.6 is 0 Å². The molecule has 0 aromatic carbocycles. The second-order valence-corrected chi connectivity index (χ2v) is 6.25. The lowest BCUT2D eigenvalue weighted by atomic mass is 9.67. The van der Waals surface area contributed by atoms with Crippen molar-refractivity contribution in [2.45, 2.75) is 65.4 Å². The Balaban J connectivity index is 2.81. The fourth-order valence-corrected chi connectivity index (χ4v) is 2.94. The first kappa shape index (κ1) is 13.0. The van der Waals surface area contributed by atoms with Crippen molar-refractivity contribution in [3.8, 4) is 0 Å². The molecule has 0 aliphatic heterocycles. The summed E-state index contributed by atoms with van der Waals surface area (Å²) in [4.78, 5) is 0. The topological polar surface area (TPSA) is 46.2 Å². The normalized spacial score (nSPS) is 24.6. The molecule has 2 nitrogen and oxygen atoms in total. The van der Waals surface area contributed by atoms with Crippen LogP contribution in [0.3, 0.4) is 0 Å². The summed E-state index contributed by atoms with van der Waals surface area (Å²) in [5.74, 6) is 0. The van der Waals surface area contributed by atoms with Gasteiger partial charge in [-0.25, -0.2) is 0 Å². The lowest BCUT2D eigenvalue weighted by Gasteiger charge is -2.43. The first-order valence-electron chi connectivity index (χ1n) is 6.30. The van der Waals surface area contributed by atoms with Crippen LogP contribution in [0.1, 0.15) is 59.3 Å². The van der Waals surface area contributed by atoms with Crippen LogP contribution < -0.4 is 5.73 Å². The van der Waals surface area contributed by atoms with Gasteiger partial charge in [0.25, 0.3) is 0 Å². The van der Waals surface area contributed by atoms with Gasteiger partial charge >= 0.3 is 0 Å². The maximum Gasteiger partial charge on any atom is 0.0656 e. The lowest BCUT2D eigenvalue weighted by Crippen LogP contribution is -2.48. The number of nitrogens with two attached hydrogens (primary N) is 1. The van der Waals surface area contributed by atoms with Crippen LogP contribution in [0.5, 0.6) is 0 Å². The zero-order valence-corrected chi connectivity index (χ0v) is 10.6. The Morgan fingerprint density at radius 3 is 1.93 bits per heavy atom. The highest BCUT2D eigenvalue weighted by atomic mass is 16.3. The minimum atomic E-state index is -0.270. The highest BCUT2D eigenvalue weighted by molar-refractivity contribution is 4.94. The van der Waals surface area contributed by atoms with Crippen molar-refractivity contribution >= 4 is 0 Å². The van der Waals surface area contributed by atoms with E-state index in [-0.39, 0.29) is 16.9 Å². The van der Waals surface area contributed by atoms with Gasteiger partial charge < -0.3 is 10.8 Å². The molecule has 0 amide bonds. The third kappa shape index (κ3) is 2.94. The SMILES string of the molecule is CC(C)(C)C(O)C1(CN)CCCCCC1. The first-order valence-corrected chi connectivity index (χ1v) is 6.30. The summed E-state index contributed by atoms with van der Waals surface area (Å²) < 4.78 is 0. The zero-order valence-electron chi connectivity index (χ0n) is 10.6. The van der Waals surface area contributed by atoms with E-state index in [9.17, 15) is 5.11 Å². The minimum absolute atomic E-state index is 0.0191.